The van der Waals surface area contributed by atoms with Crippen LogP contribution >= 0.6 is 0 Å². The van der Waals surface area contributed by atoms with E-state index in [2.05, 4.69) is 0 Å². The first-order valence-electron chi connectivity index (χ1n) is 5.61. The summed E-state index contributed by atoms with van der Waals surface area (Å²) in [5.74, 6) is -1.83. The molecule has 0 fully saturated rings. The first-order valence-corrected chi connectivity index (χ1v) is 5.61. The third kappa shape index (κ3) is 1.48. The lowest BCUT2D eigenvalue weighted by atomic mass is 9.94. The van der Waals surface area contributed by atoms with Gasteiger partial charge in [-0.25, -0.2) is 4.39 Å². The molecule has 0 atom stereocenters. The quantitative estimate of drug-likeness (QED) is 0.718. The van der Waals surface area contributed by atoms with Gasteiger partial charge >= 0.3 is 0 Å². The van der Waals surface area contributed by atoms with E-state index < -0.39 is 11.7 Å². The van der Waals surface area contributed by atoms with Crippen LogP contribution in [0.2, 0.25) is 0 Å². The first kappa shape index (κ1) is 10.8. The van der Waals surface area contributed by atoms with Crippen molar-refractivity contribution in [3.8, 4) is 0 Å². The fourth-order valence-electron chi connectivity index (χ4n) is 2.33. The number of benzene rings is 2. The van der Waals surface area contributed by atoms with Gasteiger partial charge < -0.3 is 0 Å². The third-order valence-corrected chi connectivity index (χ3v) is 3.16. The van der Waals surface area contributed by atoms with Crippen molar-refractivity contribution < 1.29 is 14.0 Å². The van der Waals surface area contributed by atoms with Crippen LogP contribution in [0.15, 0.2) is 48.5 Å². The third-order valence-electron chi connectivity index (χ3n) is 3.16. The van der Waals surface area contributed by atoms with Gasteiger partial charge in [-0.1, -0.05) is 36.4 Å². The molecule has 0 spiro atoms. The Hall–Kier alpha value is -2.29. The highest BCUT2D eigenvalue weighted by atomic mass is 19.1. The smallest absolute Gasteiger partial charge is 0.178 e. The topological polar surface area (TPSA) is 34.1 Å². The molecule has 3 rings (SSSR count). The van der Waals surface area contributed by atoms with E-state index in [0.717, 1.165) is 0 Å². The maximum absolute atomic E-state index is 13.2. The minimum atomic E-state index is -0.891. The standard InChI is InChI=1S/C15H9FO2/c16-10-5-3-4-9(8-10)13-14(17)11-6-1-2-7-12(11)15(13)18/h1-8,13H. The summed E-state index contributed by atoms with van der Waals surface area (Å²) >= 11 is 0. The molecule has 2 nitrogen and oxygen atoms in total. The Morgan fingerprint density at radius 3 is 2.00 bits per heavy atom. The van der Waals surface area contributed by atoms with Crippen LogP contribution < -0.4 is 0 Å². The van der Waals surface area contributed by atoms with Gasteiger partial charge in [0.2, 0.25) is 0 Å². The van der Waals surface area contributed by atoms with Crippen LogP contribution in [-0.2, 0) is 0 Å². The molecule has 0 unspecified atom stereocenters. The molecule has 0 saturated carbocycles. The number of halogens is 1. The molecule has 0 amide bonds. The van der Waals surface area contributed by atoms with Crippen molar-refractivity contribution in [2.24, 2.45) is 0 Å². The maximum atomic E-state index is 13.2. The maximum Gasteiger partial charge on any atom is 0.178 e. The Bertz CT molecular complexity index is 626. The number of rotatable bonds is 1. The van der Waals surface area contributed by atoms with Crippen LogP contribution in [0.3, 0.4) is 0 Å². The molecule has 0 heterocycles. The fourth-order valence-corrected chi connectivity index (χ4v) is 2.33. The van der Waals surface area contributed by atoms with Gasteiger partial charge in [0.1, 0.15) is 11.7 Å². The van der Waals surface area contributed by atoms with Crippen molar-refractivity contribution in [1.82, 2.24) is 0 Å². The van der Waals surface area contributed by atoms with E-state index in [1.165, 1.54) is 18.2 Å². The first-order chi connectivity index (χ1) is 8.68. The highest BCUT2D eigenvalue weighted by Gasteiger charge is 2.39. The zero-order valence-corrected chi connectivity index (χ0v) is 9.39. The molecule has 2 aromatic rings. The molecule has 0 aliphatic heterocycles. The average molecular weight is 240 g/mol. The van der Waals surface area contributed by atoms with Gasteiger partial charge in [0.05, 0.1) is 0 Å². The minimum absolute atomic E-state index is 0.249. The fraction of sp³-hybridized carbons (Fsp3) is 0.0667. The average Bonchev–Trinajstić information content (AvgIpc) is 2.63. The Labute approximate surface area is 103 Å². The summed E-state index contributed by atoms with van der Waals surface area (Å²) in [4.78, 5) is 24.4. The largest absolute Gasteiger partial charge is 0.293 e. The lowest BCUT2D eigenvalue weighted by Crippen LogP contribution is -2.12. The number of Topliss-reactive ketones (excluding diaryl/α,β-unsaturated/α-hetero) is 2. The van der Waals surface area contributed by atoms with Crippen molar-refractivity contribution in [3.05, 3.63) is 71.0 Å². The normalized spacial score (nSPS) is 14.9. The summed E-state index contributed by atoms with van der Waals surface area (Å²) in [5, 5.41) is 0. The molecule has 18 heavy (non-hydrogen) atoms. The summed E-state index contributed by atoms with van der Waals surface area (Å²) in [7, 11) is 0. The zero-order chi connectivity index (χ0) is 12.7. The van der Waals surface area contributed by atoms with E-state index >= 15 is 0 Å². The van der Waals surface area contributed by atoms with E-state index in [1.54, 1.807) is 30.3 Å². The molecule has 0 radical (unpaired) electrons. The summed E-state index contributed by atoms with van der Waals surface area (Å²) in [6, 6.07) is 12.4. The van der Waals surface area contributed by atoms with Crippen LogP contribution in [0.4, 0.5) is 4.39 Å². The summed E-state index contributed by atoms with van der Waals surface area (Å²) in [6.45, 7) is 0. The van der Waals surface area contributed by atoms with Gasteiger partial charge in [0.15, 0.2) is 11.6 Å². The number of carbonyl (C=O) groups excluding carboxylic acids is 2. The molecule has 88 valence electrons. The van der Waals surface area contributed by atoms with E-state index in [-0.39, 0.29) is 11.6 Å². The van der Waals surface area contributed by atoms with Gasteiger partial charge in [-0.2, -0.15) is 0 Å². The van der Waals surface area contributed by atoms with Crippen LogP contribution in [0.25, 0.3) is 0 Å². The number of hydrogen-bond donors (Lipinski definition) is 0. The molecule has 0 aromatic heterocycles. The van der Waals surface area contributed by atoms with Crippen molar-refractivity contribution in [3.63, 3.8) is 0 Å². The predicted octanol–water partition coefficient (Wildman–Crippen LogP) is 2.99. The van der Waals surface area contributed by atoms with Gasteiger partial charge in [-0.3, -0.25) is 9.59 Å². The number of hydrogen-bond acceptors (Lipinski definition) is 2. The highest BCUT2D eigenvalue weighted by molar-refractivity contribution is 6.29. The second kappa shape index (κ2) is 3.88. The van der Waals surface area contributed by atoms with Crippen LogP contribution in [0, 0.1) is 5.82 Å². The minimum Gasteiger partial charge on any atom is -0.293 e. The monoisotopic (exact) mass is 240 g/mol. The summed E-state index contributed by atoms with van der Waals surface area (Å²) in [5.41, 5.74) is 1.27. The van der Waals surface area contributed by atoms with Gasteiger partial charge in [-0.05, 0) is 17.7 Å². The molecule has 2 aromatic carbocycles. The zero-order valence-electron chi connectivity index (χ0n) is 9.39. The Morgan fingerprint density at radius 2 is 1.44 bits per heavy atom. The number of fused-ring (bicyclic) bond motifs is 1. The van der Waals surface area contributed by atoms with E-state index in [9.17, 15) is 14.0 Å². The van der Waals surface area contributed by atoms with Crippen molar-refractivity contribution >= 4 is 11.6 Å². The molecule has 3 heteroatoms. The van der Waals surface area contributed by atoms with Crippen LogP contribution in [-0.4, -0.2) is 11.6 Å². The SMILES string of the molecule is O=C1c2ccccc2C(=O)C1c1cccc(F)c1. The van der Waals surface area contributed by atoms with E-state index in [0.29, 0.717) is 16.7 Å². The molecular weight excluding hydrogens is 231 g/mol. The van der Waals surface area contributed by atoms with E-state index in [1.807, 2.05) is 0 Å². The summed E-state index contributed by atoms with van der Waals surface area (Å²) < 4.78 is 13.2. The molecule has 1 aliphatic rings. The highest BCUT2D eigenvalue weighted by Crippen LogP contribution is 2.33. The molecule has 0 N–H and O–H groups in total. The number of carbonyl (C=O) groups is 2. The Kier molecular flexibility index (Phi) is 2.33. The van der Waals surface area contributed by atoms with Gasteiger partial charge in [0, 0.05) is 11.1 Å². The predicted molar refractivity (Wildman–Crippen MR) is 64.2 cm³/mol. The van der Waals surface area contributed by atoms with Gasteiger partial charge in [0.25, 0.3) is 0 Å². The van der Waals surface area contributed by atoms with Crippen molar-refractivity contribution in [2.75, 3.05) is 0 Å². The lowest BCUT2D eigenvalue weighted by molar-refractivity contribution is 0.0890. The van der Waals surface area contributed by atoms with Crippen molar-refractivity contribution in [1.29, 1.82) is 0 Å². The van der Waals surface area contributed by atoms with Crippen LogP contribution in [0.5, 0.6) is 0 Å². The lowest BCUT2D eigenvalue weighted by Gasteiger charge is -2.06. The molecular formula is C15H9FO2. The molecule has 0 bridgehead atoms. The van der Waals surface area contributed by atoms with Crippen LogP contribution in [0.1, 0.15) is 32.2 Å². The van der Waals surface area contributed by atoms with E-state index in [4.69, 9.17) is 0 Å². The Morgan fingerprint density at radius 1 is 0.833 bits per heavy atom. The second-order valence-electron chi connectivity index (χ2n) is 4.26. The second-order valence-corrected chi connectivity index (χ2v) is 4.26. The number of ketones is 2. The van der Waals surface area contributed by atoms with Crippen molar-refractivity contribution in [2.45, 2.75) is 5.92 Å². The Balaban J connectivity index is 2.12. The summed E-state index contributed by atoms with van der Waals surface area (Å²) in [6.07, 6.45) is 0. The molecule has 0 saturated heterocycles. The van der Waals surface area contributed by atoms with Gasteiger partial charge in [-0.15, -0.1) is 0 Å². The molecule has 1 aliphatic carbocycles.